The van der Waals surface area contributed by atoms with E-state index in [0.29, 0.717) is 6.61 Å². The van der Waals surface area contributed by atoms with E-state index in [1.807, 2.05) is 0 Å². The molecule has 0 radical (unpaired) electrons. The molecule has 0 aromatic carbocycles. The summed E-state index contributed by atoms with van der Waals surface area (Å²) in [6.45, 7) is 5.13. The van der Waals surface area contributed by atoms with Gasteiger partial charge >= 0.3 is 17.1 Å². The van der Waals surface area contributed by atoms with Gasteiger partial charge in [0, 0.05) is 5.95 Å². The molecule has 0 rings (SSSR count). The summed E-state index contributed by atoms with van der Waals surface area (Å²) in [6.07, 6.45) is 0. The summed E-state index contributed by atoms with van der Waals surface area (Å²) in [5.74, 6) is -0.461. The second-order valence-electron chi connectivity index (χ2n) is 0.805. The molecule has 46 valence electrons. The van der Waals surface area contributed by atoms with Crippen molar-refractivity contribution in [3.05, 3.63) is 12.5 Å². The quantitative estimate of drug-likeness (QED) is 0.405. The van der Waals surface area contributed by atoms with Crippen LogP contribution in [0.2, 0.25) is 0 Å². The van der Waals surface area contributed by atoms with Gasteiger partial charge in [0.2, 0.25) is 0 Å². The third-order valence-electron chi connectivity index (χ3n) is 0.305. The molecule has 0 heterocycles. The van der Waals surface area contributed by atoms with Crippen molar-refractivity contribution in [1.82, 2.24) is 0 Å². The summed E-state index contributed by atoms with van der Waals surface area (Å²) in [6, 6.07) is 0. The fourth-order valence-corrected chi connectivity index (χ4v) is 0.161. The first kappa shape index (κ1) is 9.97. The maximum absolute atomic E-state index is 9.71. The van der Waals surface area contributed by atoms with Crippen molar-refractivity contribution in [2.24, 2.45) is 0 Å². The second-order valence-corrected chi connectivity index (χ2v) is 0.805. The van der Waals surface area contributed by atoms with Gasteiger partial charge in [-0.1, -0.05) is 13.5 Å². The summed E-state index contributed by atoms with van der Waals surface area (Å²) in [5, 5.41) is 9.71. The summed E-state index contributed by atoms with van der Waals surface area (Å²) >= 11 is 0. The first-order valence-electron chi connectivity index (χ1n) is 1.76. The Labute approximate surface area is 53.6 Å². The van der Waals surface area contributed by atoms with Crippen LogP contribution in [0, 0.1) is 0 Å². The summed E-state index contributed by atoms with van der Waals surface area (Å²) in [4.78, 5) is 0. The molecule has 0 amide bonds. The van der Waals surface area contributed by atoms with Gasteiger partial charge in [0.05, 0.1) is 0 Å². The summed E-state index contributed by atoms with van der Waals surface area (Å²) in [5.41, 5.74) is 0. The van der Waals surface area contributed by atoms with Crippen molar-refractivity contribution in [3.8, 4) is 0 Å². The third-order valence-corrected chi connectivity index (χ3v) is 0.305. The molecule has 0 aliphatic rings. The Morgan fingerprint density at radius 2 is 2.29 bits per heavy atom. The Bertz CT molecular complexity index is 53.7. The molecule has 0 aromatic rings. The molecule has 3 heteroatoms. The predicted molar refractivity (Wildman–Crippen MR) is 20.8 cm³/mol. The van der Waals surface area contributed by atoms with E-state index >= 15 is 0 Å². The molecule has 0 fully saturated rings. The fourth-order valence-electron chi connectivity index (χ4n) is 0.161. The monoisotopic (exact) mass is 150 g/mol. The van der Waals surface area contributed by atoms with Crippen LogP contribution in [0.25, 0.3) is 0 Å². The minimum Gasteiger partial charge on any atom is -0.614 e. The van der Waals surface area contributed by atoms with Crippen molar-refractivity contribution in [2.75, 3.05) is 6.61 Å². The van der Waals surface area contributed by atoms with Gasteiger partial charge in [-0.15, -0.1) is 0 Å². The van der Waals surface area contributed by atoms with Crippen LogP contribution in [0.1, 0.15) is 6.92 Å². The van der Waals surface area contributed by atoms with Crippen molar-refractivity contribution >= 4 is 0 Å². The zero-order valence-electron chi connectivity index (χ0n) is 4.03. The molecule has 0 aliphatic heterocycles. The van der Waals surface area contributed by atoms with Gasteiger partial charge in [-0.25, -0.2) is 0 Å². The predicted octanol–water partition coefficient (Wildman–Crippen LogP) is -0.148. The molecular weight excluding hydrogens is 144 g/mol. The normalized spacial score (nSPS) is 6.43. The van der Waals surface area contributed by atoms with Gasteiger partial charge in [-0.05, 0) is 6.61 Å². The van der Waals surface area contributed by atoms with E-state index < -0.39 is 5.95 Å². The Morgan fingerprint density at radius 1 is 1.86 bits per heavy atom. The van der Waals surface area contributed by atoms with E-state index in [1.165, 1.54) is 0 Å². The van der Waals surface area contributed by atoms with Crippen LogP contribution in [-0.2, 0) is 21.8 Å². The first-order chi connectivity index (χ1) is 2.77. The smallest absolute Gasteiger partial charge is 0.614 e. The van der Waals surface area contributed by atoms with Crippen molar-refractivity contribution < 1.29 is 26.9 Å². The Hall–Kier alpha value is -0.141. The number of hydrogen-bond donors (Lipinski definition) is 0. The molecule has 0 aromatic heterocycles. The SMILES string of the molecule is C=C([O-])OCC.[Cu+]. The number of hydrogen-bond acceptors (Lipinski definition) is 2. The van der Waals surface area contributed by atoms with E-state index in [1.54, 1.807) is 6.92 Å². The van der Waals surface area contributed by atoms with E-state index in [4.69, 9.17) is 0 Å². The van der Waals surface area contributed by atoms with Gasteiger partial charge in [0.1, 0.15) is 0 Å². The van der Waals surface area contributed by atoms with Crippen LogP contribution in [0.4, 0.5) is 0 Å². The second kappa shape index (κ2) is 5.86. The fraction of sp³-hybridized carbons (Fsp3) is 0.500. The van der Waals surface area contributed by atoms with Crippen LogP contribution in [0.5, 0.6) is 0 Å². The minimum absolute atomic E-state index is 0. The standard InChI is InChI=1S/C4H8O2.Cu/c1-3-6-4(2)5;/h5H,2-3H2,1H3;/q;+1/p-1. The van der Waals surface area contributed by atoms with Crippen LogP contribution < -0.4 is 5.11 Å². The van der Waals surface area contributed by atoms with Crippen LogP contribution in [0.15, 0.2) is 12.5 Å². The molecule has 7 heavy (non-hydrogen) atoms. The maximum atomic E-state index is 9.71. The Morgan fingerprint density at radius 3 is 2.29 bits per heavy atom. The van der Waals surface area contributed by atoms with Gasteiger partial charge in [0.25, 0.3) is 0 Å². The molecule has 0 aliphatic carbocycles. The average Bonchev–Trinajstić information content (AvgIpc) is 1.35. The topological polar surface area (TPSA) is 32.3 Å². The van der Waals surface area contributed by atoms with E-state index in [9.17, 15) is 5.11 Å². The zero-order chi connectivity index (χ0) is 4.99. The van der Waals surface area contributed by atoms with E-state index in [-0.39, 0.29) is 17.1 Å². The summed E-state index contributed by atoms with van der Waals surface area (Å²) < 4.78 is 4.29. The van der Waals surface area contributed by atoms with Gasteiger partial charge in [0.15, 0.2) is 0 Å². The molecule has 0 N–H and O–H groups in total. The molecule has 0 atom stereocenters. The minimum atomic E-state index is -0.461. The van der Waals surface area contributed by atoms with Crippen LogP contribution >= 0.6 is 0 Å². The Kier molecular flexibility index (Phi) is 8.35. The summed E-state index contributed by atoms with van der Waals surface area (Å²) in [7, 11) is 0. The van der Waals surface area contributed by atoms with Crippen molar-refractivity contribution in [2.45, 2.75) is 6.92 Å². The number of ether oxygens (including phenoxy) is 1. The molecule has 0 bridgehead atoms. The Balaban J connectivity index is 0. The maximum Gasteiger partial charge on any atom is 1.00 e. The van der Waals surface area contributed by atoms with Gasteiger partial charge < -0.3 is 9.84 Å². The third kappa shape index (κ3) is 10.7. The van der Waals surface area contributed by atoms with Crippen molar-refractivity contribution in [1.29, 1.82) is 0 Å². The van der Waals surface area contributed by atoms with Crippen LogP contribution in [0.3, 0.4) is 0 Å². The largest absolute Gasteiger partial charge is 1.00 e. The molecular formula is C4H7CuO2. The molecule has 0 unspecified atom stereocenters. The molecule has 0 spiro atoms. The van der Waals surface area contributed by atoms with E-state index in [2.05, 4.69) is 11.3 Å². The zero-order valence-corrected chi connectivity index (χ0v) is 4.97. The van der Waals surface area contributed by atoms with Gasteiger partial charge in [-0.2, -0.15) is 0 Å². The van der Waals surface area contributed by atoms with Crippen LogP contribution in [-0.4, -0.2) is 6.61 Å². The molecule has 2 nitrogen and oxygen atoms in total. The molecule has 0 saturated carbocycles. The molecule has 0 saturated heterocycles. The van der Waals surface area contributed by atoms with E-state index in [0.717, 1.165) is 0 Å². The average molecular weight is 151 g/mol. The first-order valence-corrected chi connectivity index (χ1v) is 1.76. The number of rotatable bonds is 2. The van der Waals surface area contributed by atoms with Gasteiger partial charge in [-0.3, -0.25) is 0 Å². The van der Waals surface area contributed by atoms with Crippen molar-refractivity contribution in [3.63, 3.8) is 0 Å².